The summed E-state index contributed by atoms with van der Waals surface area (Å²) in [6.07, 6.45) is 3.33. The van der Waals surface area contributed by atoms with Crippen LogP contribution in [-0.2, 0) is 0 Å². The summed E-state index contributed by atoms with van der Waals surface area (Å²) in [5.41, 5.74) is 1.90. The van der Waals surface area contributed by atoms with Crippen LogP contribution in [0, 0.1) is 36.0 Å². The molecule has 0 aliphatic heterocycles. The zero-order valence-corrected chi connectivity index (χ0v) is 13.1. The fraction of sp³-hybridized carbons (Fsp3) is 0.611. The molecule has 20 heavy (non-hydrogen) atoms. The lowest BCUT2D eigenvalue weighted by Crippen LogP contribution is -2.50. The number of nitrogens with zero attached hydrogens (tertiary/aromatic N) is 1. The first-order valence-electron chi connectivity index (χ1n) is 7.73. The van der Waals surface area contributed by atoms with Crippen LogP contribution in [0.5, 0.6) is 0 Å². The van der Waals surface area contributed by atoms with Gasteiger partial charge in [0, 0.05) is 5.69 Å². The Bertz CT molecular complexity index is 483. The number of hydrogen-bond donors (Lipinski definition) is 1. The molecule has 1 aromatic rings. The van der Waals surface area contributed by atoms with Crippen molar-refractivity contribution in [3.05, 3.63) is 29.8 Å². The van der Waals surface area contributed by atoms with Crippen LogP contribution in [0.15, 0.2) is 24.3 Å². The van der Waals surface area contributed by atoms with Crippen molar-refractivity contribution in [1.29, 1.82) is 5.26 Å². The van der Waals surface area contributed by atoms with Crippen LogP contribution in [0.4, 0.5) is 5.69 Å². The summed E-state index contributed by atoms with van der Waals surface area (Å²) >= 11 is 0. The van der Waals surface area contributed by atoms with Crippen molar-refractivity contribution in [2.75, 3.05) is 5.32 Å². The molecule has 108 valence electrons. The summed E-state index contributed by atoms with van der Waals surface area (Å²) in [5.74, 6) is 1.56. The van der Waals surface area contributed by atoms with E-state index in [9.17, 15) is 5.26 Å². The highest BCUT2D eigenvalue weighted by atomic mass is 15.0. The van der Waals surface area contributed by atoms with Gasteiger partial charge in [0.15, 0.2) is 0 Å². The lowest BCUT2D eigenvalue weighted by molar-refractivity contribution is 0.167. The van der Waals surface area contributed by atoms with E-state index in [-0.39, 0.29) is 0 Å². The van der Waals surface area contributed by atoms with Crippen LogP contribution < -0.4 is 5.32 Å². The van der Waals surface area contributed by atoms with Crippen molar-refractivity contribution in [1.82, 2.24) is 0 Å². The lowest BCUT2D eigenvalue weighted by Gasteiger charge is -2.44. The molecule has 2 nitrogen and oxygen atoms in total. The second-order valence-electron chi connectivity index (χ2n) is 6.81. The second kappa shape index (κ2) is 5.87. The van der Waals surface area contributed by atoms with E-state index in [0.717, 1.165) is 18.5 Å². The van der Waals surface area contributed by atoms with Crippen molar-refractivity contribution < 1.29 is 0 Å². The highest BCUT2D eigenvalue weighted by Crippen LogP contribution is 2.42. The predicted molar refractivity (Wildman–Crippen MR) is 84.5 cm³/mol. The fourth-order valence-electron chi connectivity index (χ4n) is 3.61. The first kappa shape index (κ1) is 14.9. The molecule has 0 heterocycles. The van der Waals surface area contributed by atoms with E-state index >= 15 is 0 Å². The number of aryl methyl sites for hydroxylation is 1. The van der Waals surface area contributed by atoms with Gasteiger partial charge in [0.25, 0.3) is 0 Å². The van der Waals surface area contributed by atoms with Gasteiger partial charge >= 0.3 is 0 Å². The highest BCUT2D eigenvalue weighted by molar-refractivity contribution is 5.49. The molecule has 2 rings (SSSR count). The van der Waals surface area contributed by atoms with Gasteiger partial charge in [0.05, 0.1) is 6.07 Å². The molecule has 1 aliphatic rings. The van der Waals surface area contributed by atoms with Gasteiger partial charge in [0.1, 0.15) is 5.54 Å². The third-order valence-corrected chi connectivity index (χ3v) is 4.70. The molecule has 0 saturated heterocycles. The predicted octanol–water partition coefficient (Wildman–Crippen LogP) is 4.76. The van der Waals surface area contributed by atoms with Gasteiger partial charge in [-0.2, -0.15) is 5.26 Å². The van der Waals surface area contributed by atoms with Gasteiger partial charge < -0.3 is 5.32 Å². The molecule has 1 saturated carbocycles. The van der Waals surface area contributed by atoms with E-state index in [1.807, 2.05) is 0 Å². The largest absolute Gasteiger partial charge is 0.367 e. The van der Waals surface area contributed by atoms with Gasteiger partial charge in [-0.15, -0.1) is 0 Å². The Hall–Kier alpha value is -1.49. The third kappa shape index (κ3) is 2.98. The molecule has 1 N–H and O–H groups in total. The quantitative estimate of drug-likeness (QED) is 0.859. The molecule has 3 atom stereocenters. The van der Waals surface area contributed by atoms with Crippen molar-refractivity contribution in [3.8, 4) is 6.07 Å². The Morgan fingerprint density at radius 1 is 1.25 bits per heavy atom. The third-order valence-electron chi connectivity index (χ3n) is 4.70. The molecule has 1 aliphatic carbocycles. The zero-order valence-electron chi connectivity index (χ0n) is 13.1. The Morgan fingerprint density at radius 2 is 1.90 bits per heavy atom. The van der Waals surface area contributed by atoms with E-state index in [1.54, 1.807) is 0 Å². The van der Waals surface area contributed by atoms with E-state index in [2.05, 4.69) is 63.3 Å². The molecule has 3 unspecified atom stereocenters. The van der Waals surface area contributed by atoms with Crippen molar-refractivity contribution >= 4 is 5.69 Å². The molecular formula is C18H26N2. The Kier molecular flexibility index (Phi) is 4.38. The lowest BCUT2D eigenvalue weighted by atomic mass is 9.65. The molecule has 0 aromatic heterocycles. The van der Waals surface area contributed by atoms with Crippen LogP contribution >= 0.6 is 0 Å². The first-order chi connectivity index (χ1) is 9.47. The molecule has 1 fully saturated rings. The van der Waals surface area contributed by atoms with Crippen LogP contribution in [0.3, 0.4) is 0 Å². The Labute approximate surface area is 123 Å². The summed E-state index contributed by atoms with van der Waals surface area (Å²) in [6, 6.07) is 11.0. The molecule has 0 amide bonds. The van der Waals surface area contributed by atoms with E-state index in [4.69, 9.17) is 0 Å². The average Bonchev–Trinajstić information content (AvgIpc) is 2.41. The monoisotopic (exact) mass is 270 g/mol. The molecule has 1 aromatic carbocycles. The van der Waals surface area contributed by atoms with Crippen LogP contribution in [0.1, 0.15) is 45.6 Å². The normalized spacial score (nSPS) is 30.0. The van der Waals surface area contributed by atoms with Crippen LogP contribution in [0.25, 0.3) is 0 Å². The van der Waals surface area contributed by atoms with Gasteiger partial charge in [-0.25, -0.2) is 0 Å². The first-order valence-corrected chi connectivity index (χ1v) is 7.73. The SMILES string of the molecule is Cc1ccc(NC2(C#N)CC(C)CCC2C(C)C)cc1. The van der Waals surface area contributed by atoms with Gasteiger partial charge in [-0.1, -0.05) is 44.9 Å². The van der Waals surface area contributed by atoms with Crippen LogP contribution in [0.2, 0.25) is 0 Å². The molecular weight excluding hydrogens is 244 g/mol. The fourth-order valence-corrected chi connectivity index (χ4v) is 3.61. The molecule has 0 radical (unpaired) electrons. The zero-order chi connectivity index (χ0) is 14.8. The average molecular weight is 270 g/mol. The summed E-state index contributed by atoms with van der Waals surface area (Å²) < 4.78 is 0. The molecule has 0 spiro atoms. The number of benzene rings is 1. The minimum atomic E-state index is -0.416. The summed E-state index contributed by atoms with van der Waals surface area (Å²) in [5, 5.41) is 13.5. The number of hydrogen-bond acceptors (Lipinski definition) is 2. The number of rotatable bonds is 3. The van der Waals surface area contributed by atoms with E-state index in [1.165, 1.54) is 12.0 Å². The maximum absolute atomic E-state index is 9.88. The smallest absolute Gasteiger partial charge is 0.128 e. The number of anilines is 1. The second-order valence-corrected chi connectivity index (χ2v) is 6.81. The maximum atomic E-state index is 9.88. The maximum Gasteiger partial charge on any atom is 0.128 e. The summed E-state index contributed by atoms with van der Waals surface area (Å²) in [6.45, 7) is 8.83. The van der Waals surface area contributed by atoms with Gasteiger partial charge in [0.2, 0.25) is 0 Å². The summed E-state index contributed by atoms with van der Waals surface area (Å²) in [4.78, 5) is 0. The Balaban J connectivity index is 2.29. The number of nitrogens with one attached hydrogen (secondary N) is 1. The molecule has 0 bridgehead atoms. The van der Waals surface area contributed by atoms with Crippen LogP contribution in [-0.4, -0.2) is 5.54 Å². The summed E-state index contributed by atoms with van der Waals surface area (Å²) in [7, 11) is 0. The minimum Gasteiger partial charge on any atom is -0.367 e. The van der Waals surface area contributed by atoms with Crippen molar-refractivity contribution in [2.45, 2.75) is 52.5 Å². The Morgan fingerprint density at radius 3 is 2.45 bits per heavy atom. The minimum absolute atomic E-state index is 0.416. The standard InChI is InChI=1S/C18H26N2/c1-13(2)17-10-7-15(4)11-18(17,12-19)20-16-8-5-14(3)6-9-16/h5-6,8-9,13,15,17,20H,7,10-11H2,1-4H3. The molecule has 2 heteroatoms. The van der Waals surface area contributed by atoms with Crippen molar-refractivity contribution in [2.24, 2.45) is 17.8 Å². The number of nitriles is 1. The van der Waals surface area contributed by atoms with Crippen molar-refractivity contribution in [3.63, 3.8) is 0 Å². The topological polar surface area (TPSA) is 35.8 Å². The van der Waals surface area contributed by atoms with Gasteiger partial charge in [-0.05, 0) is 49.7 Å². The van der Waals surface area contributed by atoms with E-state index < -0.39 is 5.54 Å². The highest BCUT2D eigenvalue weighted by Gasteiger charge is 2.44. The van der Waals surface area contributed by atoms with E-state index in [0.29, 0.717) is 17.8 Å². The van der Waals surface area contributed by atoms with Gasteiger partial charge in [-0.3, -0.25) is 0 Å².